The number of rotatable bonds is 5. The Balaban J connectivity index is 3.59. The first-order valence-electron chi connectivity index (χ1n) is 4.22. The zero-order valence-corrected chi connectivity index (χ0v) is 7.68. The number of carbonyl (C=O) groups is 1. The Morgan fingerprint density at radius 2 is 1.73 bits per heavy atom. The summed E-state index contributed by atoms with van der Waals surface area (Å²) in [6.07, 6.45) is 2.14. The van der Waals surface area contributed by atoms with Gasteiger partial charge in [0.05, 0.1) is 0 Å². The minimum atomic E-state index is 0.0203. The maximum Gasteiger partial charge on any atom is 0.231 e. The Labute approximate surface area is 68.7 Å². The van der Waals surface area contributed by atoms with Crippen molar-refractivity contribution in [2.24, 2.45) is 0 Å². The summed E-state index contributed by atoms with van der Waals surface area (Å²) in [7, 11) is 0. The van der Waals surface area contributed by atoms with Crippen LogP contribution in [-0.2, 0) is 4.79 Å². The molecule has 3 nitrogen and oxygen atoms in total. The van der Waals surface area contributed by atoms with E-state index in [0.717, 1.165) is 25.9 Å². The van der Waals surface area contributed by atoms with Gasteiger partial charge in [-0.1, -0.05) is 13.8 Å². The van der Waals surface area contributed by atoms with Crippen molar-refractivity contribution < 1.29 is 4.79 Å². The Morgan fingerprint density at radius 1 is 1.27 bits per heavy atom. The summed E-state index contributed by atoms with van der Waals surface area (Å²) in [5.41, 5.74) is 2.78. The van der Waals surface area contributed by atoms with Crippen molar-refractivity contribution in [1.29, 1.82) is 0 Å². The Kier molecular flexibility index (Phi) is 5.84. The average Bonchev–Trinajstić information content (AvgIpc) is 1.87. The van der Waals surface area contributed by atoms with Gasteiger partial charge < -0.3 is 0 Å². The normalized spacial score (nSPS) is 10.2. The van der Waals surface area contributed by atoms with Crippen molar-refractivity contribution >= 4 is 5.91 Å². The van der Waals surface area contributed by atoms with Gasteiger partial charge in [-0.05, 0) is 12.8 Å². The van der Waals surface area contributed by atoms with Gasteiger partial charge in [-0.15, -0.1) is 0 Å². The van der Waals surface area contributed by atoms with Gasteiger partial charge in [0.2, 0.25) is 5.91 Å². The molecule has 0 spiro atoms. The summed E-state index contributed by atoms with van der Waals surface area (Å²) in [6.45, 7) is 7.62. The maximum absolute atomic E-state index is 10.7. The molecule has 0 rings (SSSR count). The van der Waals surface area contributed by atoms with Crippen LogP contribution in [0.25, 0.3) is 0 Å². The molecule has 0 atom stereocenters. The van der Waals surface area contributed by atoms with Crippen LogP contribution >= 0.6 is 0 Å². The highest BCUT2D eigenvalue weighted by Gasteiger charge is 2.01. The van der Waals surface area contributed by atoms with E-state index in [0.29, 0.717) is 0 Å². The number of nitrogens with zero attached hydrogens (tertiary/aromatic N) is 1. The third-order valence-corrected chi connectivity index (χ3v) is 1.30. The molecule has 0 heterocycles. The summed E-state index contributed by atoms with van der Waals surface area (Å²) in [5.74, 6) is 0.0203. The van der Waals surface area contributed by atoms with E-state index in [1.54, 1.807) is 6.92 Å². The molecule has 1 amide bonds. The highest BCUT2D eigenvalue weighted by atomic mass is 16.2. The van der Waals surface area contributed by atoms with Gasteiger partial charge in [0.15, 0.2) is 0 Å². The fourth-order valence-electron chi connectivity index (χ4n) is 0.986. The predicted molar refractivity (Wildman–Crippen MR) is 46.0 cm³/mol. The number of carbonyl (C=O) groups excluding carboxylic acids is 1. The number of hydrogen-bond acceptors (Lipinski definition) is 2. The fourth-order valence-corrected chi connectivity index (χ4v) is 0.986. The number of hydrazine groups is 1. The topological polar surface area (TPSA) is 32.3 Å². The second-order valence-electron chi connectivity index (χ2n) is 2.66. The molecule has 0 fully saturated rings. The molecule has 0 bridgehead atoms. The number of nitrogens with one attached hydrogen (secondary N) is 1. The van der Waals surface area contributed by atoms with E-state index in [1.807, 2.05) is 5.01 Å². The molecule has 1 N–H and O–H groups in total. The molecule has 0 radical (unpaired) electrons. The smallest absolute Gasteiger partial charge is 0.231 e. The van der Waals surface area contributed by atoms with Gasteiger partial charge >= 0.3 is 0 Å². The third kappa shape index (κ3) is 5.85. The minimum absolute atomic E-state index is 0.0203. The molecule has 11 heavy (non-hydrogen) atoms. The van der Waals surface area contributed by atoms with E-state index in [1.165, 1.54) is 0 Å². The van der Waals surface area contributed by atoms with Crippen LogP contribution in [0.4, 0.5) is 0 Å². The lowest BCUT2D eigenvalue weighted by atomic mass is 10.4. The lowest BCUT2D eigenvalue weighted by Crippen LogP contribution is -2.41. The van der Waals surface area contributed by atoms with Crippen molar-refractivity contribution in [3.63, 3.8) is 0 Å². The van der Waals surface area contributed by atoms with Crippen LogP contribution in [0, 0.1) is 0 Å². The first-order valence-corrected chi connectivity index (χ1v) is 4.22. The van der Waals surface area contributed by atoms with Crippen molar-refractivity contribution in [2.75, 3.05) is 13.1 Å². The van der Waals surface area contributed by atoms with Gasteiger partial charge in [0.1, 0.15) is 0 Å². The molecule has 0 aliphatic heterocycles. The highest BCUT2D eigenvalue weighted by Crippen LogP contribution is 1.88. The standard InChI is InChI=1S/C8H18N2O/c1-4-6-10(7-5-2)9-8(3)11/h4-7H2,1-3H3,(H,9,11). The summed E-state index contributed by atoms with van der Waals surface area (Å²) < 4.78 is 0. The molecule has 66 valence electrons. The van der Waals surface area contributed by atoms with E-state index in [2.05, 4.69) is 19.3 Å². The van der Waals surface area contributed by atoms with Crippen LogP contribution in [0.1, 0.15) is 33.6 Å². The Hall–Kier alpha value is -0.570. The van der Waals surface area contributed by atoms with Crippen molar-refractivity contribution in [1.82, 2.24) is 10.4 Å². The van der Waals surface area contributed by atoms with E-state index in [9.17, 15) is 4.79 Å². The van der Waals surface area contributed by atoms with E-state index >= 15 is 0 Å². The molecule has 0 aliphatic rings. The van der Waals surface area contributed by atoms with Crippen LogP contribution in [0.3, 0.4) is 0 Å². The highest BCUT2D eigenvalue weighted by molar-refractivity contribution is 5.72. The third-order valence-electron chi connectivity index (χ3n) is 1.30. The molecule has 0 aromatic carbocycles. The lowest BCUT2D eigenvalue weighted by molar-refractivity contribution is -0.123. The maximum atomic E-state index is 10.7. The molecule has 3 heteroatoms. The quantitative estimate of drug-likeness (QED) is 0.609. The van der Waals surface area contributed by atoms with Crippen molar-refractivity contribution in [3.05, 3.63) is 0 Å². The summed E-state index contributed by atoms with van der Waals surface area (Å²) in [6, 6.07) is 0. The van der Waals surface area contributed by atoms with Gasteiger partial charge in [0, 0.05) is 20.0 Å². The van der Waals surface area contributed by atoms with E-state index in [-0.39, 0.29) is 5.91 Å². The van der Waals surface area contributed by atoms with Crippen molar-refractivity contribution in [3.8, 4) is 0 Å². The Bertz CT molecular complexity index is 109. The van der Waals surface area contributed by atoms with Gasteiger partial charge in [0.25, 0.3) is 0 Å². The van der Waals surface area contributed by atoms with Crippen LogP contribution in [0.2, 0.25) is 0 Å². The molecule has 0 aromatic rings. The number of amides is 1. The van der Waals surface area contributed by atoms with E-state index < -0.39 is 0 Å². The first-order chi connectivity index (χ1) is 5.20. The fraction of sp³-hybridized carbons (Fsp3) is 0.875. The number of hydrogen-bond donors (Lipinski definition) is 1. The first kappa shape index (κ1) is 10.4. The van der Waals surface area contributed by atoms with Crippen LogP contribution in [-0.4, -0.2) is 24.0 Å². The van der Waals surface area contributed by atoms with Crippen LogP contribution < -0.4 is 5.43 Å². The largest absolute Gasteiger partial charge is 0.289 e. The molecule has 0 saturated heterocycles. The van der Waals surface area contributed by atoms with Crippen LogP contribution in [0.5, 0.6) is 0 Å². The predicted octanol–water partition coefficient (Wildman–Crippen LogP) is 1.16. The minimum Gasteiger partial charge on any atom is -0.289 e. The molecule has 0 saturated carbocycles. The molecular weight excluding hydrogens is 140 g/mol. The molecule has 0 aromatic heterocycles. The summed E-state index contributed by atoms with van der Waals surface area (Å²) in [5, 5.41) is 1.96. The summed E-state index contributed by atoms with van der Waals surface area (Å²) in [4.78, 5) is 10.7. The summed E-state index contributed by atoms with van der Waals surface area (Å²) >= 11 is 0. The van der Waals surface area contributed by atoms with E-state index in [4.69, 9.17) is 0 Å². The zero-order valence-electron chi connectivity index (χ0n) is 7.68. The lowest BCUT2D eigenvalue weighted by Gasteiger charge is -2.20. The Morgan fingerprint density at radius 3 is 2.00 bits per heavy atom. The van der Waals surface area contributed by atoms with Gasteiger partial charge in [-0.25, -0.2) is 5.01 Å². The average molecular weight is 158 g/mol. The zero-order chi connectivity index (χ0) is 8.69. The van der Waals surface area contributed by atoms with Gasteiger partial charge in [-0.3, -0.25) is 10.2 Å². The SMILES string of the molecule is CCCN(CCC)NC(C)=O. The monoisotopic (exact) mass is 158 g/mol. The molecule has 0 unspecified atom stereocenters. The molecule has 0 aliphatic carbocycles. The second-order valence-corrected chi connectivity index (χ2v) is 2.66. The van der Waals surface area contributed by atoms with Crippen molar-refractivity contribution in [2.45, 2.75) is 33.6 Å². The van der Waals surface area contributed by atoms with Gasteiger partial charge in [-0.2, -0.15) is 0 Å². The van der Waals surface area contributed by atoms with Crippen LogP contribution in [0.15, 0.2) is 0 Å². The molecular formula is C8H18N2O. The second kappa shape index (κ2) is 6.16.